The highest BCUT2D eigenvalue weighted by molar-refractivity contribution is 7.91. The Bertz CT molecular complexity index is 1430. The van der Waals surface area contributed by atoms with Crippen LogP contribution in [0.15, 0.2) is 93.5 Å². The molecular weight excluding hydrogens is 515 g/mol. The van der Waals surface area contributed by atoms with Gasteiger partial charge < -0.3 is 14.7 Å². The zero-order valence-corrected chi connectivity index (χ0v) is 21.6. The van der Waals surface area contributed by atoms with Crippen LogP contribution in [-0.4, -0.2) is 28.8 Å². The summed E-state index contributed by atoms with van der Waals surface area (Å²) in [6.45, 7) is 0. The molecule has 0 fully saturated rings. The standard InChI is InChI=1S/C28H28F3N3O3S/c1-32-38(36,22-17-15-21(16-18-22)37-28(29,30)31)33-23-9-6-12-26(27(23)35)34-24-10-4-2-7-19(24)13-14-20-8-3-5-11-25(20)34/h2-5,7-8,10-11,15-18,23,35H,6,9,12-14H2,1H3,(H,32,33,36)/t23-,38?/m0/s1. The van der Waals surface area contributed by atoms with E-state index in [-0.39, 0.29) is 10.7 Å². The van der Waals surface area contributed by atoms with Gasteiger partial charge in [0.25, 0.3) is 0 Å². The number of rotatable bonds is 5. The van der Waals surface area contributed by atoms with Crippen molar-refractivity contribution in [2.24, 2.45) is 4.36 Å². The summed E-state index contributed by atoms with van der Waals surface area (Å²) in [6, 6.07) is 20.4. The van der Waals surface area contributed by atoms with Gasteiger partial charge in [0.05, 0.1) is 16.6 Å². The van der Waals surface area contributed by atoms with E-state index in [1.54, 1.807) is 0 Å². The van der Waals surface area contributed by atoms with Gasteiger partial charge in [-0.3, -0.25) is 0 Å². The number of fused-ring (bicyclic) bond motifs is 2. The van der Waals surface area contributed by atoms with Crippen LogP contribution in [0.25, 0.3) is 0 Å². The molecule has 1 aliphatic carbocycles. The molecule has 5 rings (SSSR count). The number of nitrogens with zero attached hydrogens (tertiary/aromatic N) is 2. The number of allylic oxidation sites excluding steroid dienone is 1. The number of halogens is 3. The lowest BCUT2D eigenvalue weighted by atomic mass is 9.96. The largest absolute Gasteiger partial charge is 0.573 e. The van der Waals surface area contributed by atoms with E-state index in [1.807, 2.05) is 36.4 Å². The second-order valence-corrected chi connectivity index (χ2v) is 11.3. The highest BCUT2D eigenvalue weighted by atomic mass is 32.2. The zero-order chi connectivity index (χ0) is 26.9. The van der Waals surface area contributed by atoms with Gasteiger partial charge in [-0.05, 0) is 79.6 Å². The van der Waals surface area contributed by atoms with E-state index in [1.165, 1.54) is 30.3 Å². The molecule has 1 heterocycles. The number of hydrogen-bond acceptors (Lipinski definition) is 5. The third-order valence-electron chi connectivity index (χ3n) is 6.87. The lowest BCUT2D eigenvalue weighted by molar-refractivity contribution is -0.274. The van der Waals surface area contributed by atoms with Gasteiger partial charge in [0, 0.05) is 18.4 Å². The Kier molecular flexibility index (Phi) is 7.11. The number of nitrogens with one attached hydrogen (secondary N) is 1. The van der Waals surface area contributed by atoms with Crippen molar-refractivity contribution in [1.82, 2.24) is 4.72 Å². The van der Waals surface area contributed by atoms with Gasteiger partial charge in [-0.25, -0.2) is 13.3 Å². The first-order valence-electron chi connectivity index (χ1n) is 12.3. The van der Waals surface area contributed by atoms with E-state index in [2.05, 4.69) is 30.9 Å². The third kappa shape index (κ3) is 5.23. The molecular formula is C28H28F3N3O3S. The topological polar surface area (TPSA) is 74.2 Å². The Hall–Kier alpha value is -3.50. The maximum atomic E-state index is 13.8. The quantitative estimate of drug-likeness (QED) is 0.371. The lowest BCUT2D eigenvalue weighted by Gasteiger charge is -2.35. The highest BCUT2D eigenvalue weighted by Gasteiger charge is 2.33. The van der Waals surface area contributed by atoms with E-state index in [4.69, 9.17) is 0 Å². The van der Waals surface area contributed by atoms with Crippen molar-refractivity contribution in [2.75, 3.05) is 11.9 Å². The minimum Gasteiger partial charge on any atom is -0.509 e. The van der Waals surface area contributed by atoms with Gasteiger partial charge in [0.15, 0.2) is 0 Å². The van der Waals surface area contributed by atoms with Gasteiger partial charge >= 0.3 is 6.36 Å². The predicted molar refractivity (Wildman–Crippen MR) is 141 cm³/mol. The third-order valence-corrected chi connectivity index (χ3v) is 8.90. The molecule has 0 bridgehead atoms. The molecule has 38 heavy (non-hydrogen) atoms. The molecule has 0 aromatic heterocycles. The van der Waals surface area contributed by atoms with Crippen LogP contribution in [0.5, 0.6) is 5.75 Å². The number of ether oxygens (including phenoxy) is 1. The summed E-state index contributed by atoms with van der Waals surface area (Å²) < 4.78 is 62.4. The number of anilines is 2. The van der Waals surface area contributed by atoms with Gasteiger partial charge in [-0.15, -0.1) is 13.2 Å². The van der Waals surface area contributed by atoms with Crippen LogP contribution >= 0.6 is 0 Å². The van der Waals surface area contributed by atoms with E-state index < -0.39 is 28.1 Å². The highest BCUT2D eigenvalue weighted by Crippen LogP contribution is 2.42. The van der Waals surface area contributed by atoms with Crippen LogP contribution in [0.1, 0.15) is 30.4 Å². The fourth-order valence-electron chi connectivity index (χ4n) is 5.10. The molecule has 10 heteroatoms. The predicted octanol–water partition coefficient (Wildman–Crippen LogP) is 6.81. The molecule has 0 saturated carbocycles. The first-order valence-corrected chi connectivity index (χ1v) is 13.9. The first kappa shape index (κ1) is 26.1. The van der Waals surface area contributed by atoms with Crippen molar-refractivity contribution in [1.29, 1.82) is 0 Å². The molecule has 3 aromatic rings. The maximum Gasteiger partial charge on any atom is 0.573 e. The molecule has 2 atom stereocenters. The van der Waals surface area contributed by atoms with Crippen molar-refractivity contribution in [3.8, 4) is 5.75 Å². The Balaban J connectivity index is 1.51. The van der Waals surface area contributed by atoms with Gasteiger partial charge in [-0.1, -0.05) is 36.4 Å². The summed E-state index contributed by atoms with van der Waals surface area (Å²) >= 11 is 0. The molecule has 0 spiro atoms. The second kappa shape index (κ2) is 10.3. The molecule has 1 unspecified atom stereocenters. The Morgan fingerprint density at radius 3 is 2.08 bits per heavy atom. The normalized spacial score (nSPS) is 19.2. The summed E-state index contributed by atoms with van der Waals surface area (Å²) in [5.41, 5.74) is 5.07. The zero-order valence-electron chi connectivity index (χ0n) is 20.7. The van der Waals surface area contributed by atoms with Crippen LogP contribution in [0.3, 0.4) is 0 Å². The van der Waals surface area contributed by atoms with Crippen molar-refractivity contribution >= 4 is 21.3 Å². The van der Waals surface area contributed by atoms with E-state index in [0.29, 0.717) is 12.8 Å². The SMILES string of the molecule is CN=S(=O)(N[C@H]1CCCC(N2c3ccccc3CCc3ccccc32)=C1O)c1ccc(OC(F)(F)F)cc1. The number of alkyl halides is 3. The van der Waals surface area contributed by atoms with E-state index in [9.17, 15) is 22.5 Å². The summed E-state index contributed by atoms with van der Waals surface area (Å²) in [6.07, 6.45) is -1.20. The Labute approximate surface area is 220 Å². The van der Waals surface area contributed by atoms with E-state index >= 15 is 0 Å². The molecule has 0 radical (unpaired) electrons. The minimum absolute atomic E-state index is 0.0798. The molecule has 0 saturated heterocycles. The molecule has 0 amide bonds. The fraction of sp³-hybridized carbons (Fsp3) is 0.286. The molecule has 2 aliphatic rings. The number of hydrogen-bond donors (Lipinski definition) is 2. The summed E-state index contributed by atoms with van der Waals surface area (Å²) in [7, 11) is -1.88. The molecule has 200 valence electrons. The average Bonchev–Trinajstić information content (AvgIpc) is 3.06. The average molecular weight is 544 g/mol. The van der Waals surface area contributed by atoms with Crippen molar-refractivity contribution in [3.05, 3.63) is 95.4 Å². The Morgan fingerprint density at radius 2 is 1.53 bits per heavy atom. The first-order chi connectivity index (χ1) is 18.2. The number of aliphatic hydroxyl groups excluding tert-OH is 1. The van der Waals surface area contributed by atoms with Crippen LogP contribution in [0.4, 0.5) is 24.5 Å². The minimum atomic E-state index is -4.82. The lowest BCUT2D eigenvalue weighted by Crippen LogP contribution is -2.40. The van der Waals surface area contributed by atoms with Crippen LogP contribution < -0.4 is 14.4 Å². The number of aliphatic hydroxyl groups is 1. The van der Waals surface area contributed by atoms with Crippen molar-refractivity contribution in [3.63, 3.8) is 0 Å². The Morgan fingerprint density at radius 1 is 0.947 bits per heavy atom. The smallest absolute Gasteiger partial charge is 0.509 e. The summed E-state index contributed by atoms with van der Waals surface area (Å²) in [4.78, 5) is 2.30. The van der Waals surface area contributed by atoms with Crippen molar-refractivity contribution in [2.45, 2.75) is 49.4 Å². The maximum absolute atomic E-state index is 13.8. The molecule has 3 aromatic carbocycles. The van der Waals surface area contributed by atoms with Crippen LogP contribution in [0, 0.1) is 0 Å². The van der Waals surface area contributed by atoms with Gasteiger partial charge in [0.2, 0.25) is 0 Å². The van der Waals surface area contributed by atoms with Gasteiger partial charge in [0.1, 0.15) is 21.4 Å². The number of benzene rings is 3. The number of aryl methyl sites for hydroxylation is 2. The van der Waals surface area contributed by atoms with E-state index in [0.717, 1.165) is 48.5 Å². The second-order valence-electron chi connectivity index (χ2n) is 9.22. The van der Waals surface area contributed by atoms with Crippen molar-refractivity contribution < 1.29 is 27.2 Å². The fourth-order valence-corrected chi connectivity index (χ4v) is 6.67. The molecule has 6 nitrogen and oxygen atoms in total. The van der Waals surface area contributed by atoms with Crippen LogP contribution in [-0.2, 0) is 22.8 Å². The van der Waals surface area contributed by atoms with Gasteiger partial charge in [-0.2, -0.15) is 0 Å². The van der Waals surface area contributed by atoms with Crippen LogP contribution in [0.2, 0.25) is 0 Å². The number of para-hydroxylation sites is 2. The summed E-state index contributed by atoms with van der Waals surface area (Å²) in [5, 5.41) is 11.6. The molecule has 2 N–H and O–H groups in total. The molecule has 1 aliphatic heterocycles. The summed E-state index contributed by atoms with van der Waals surface area (Å²) in [5.74, 6) is -0.337. The monoisotopic (exact) mass is 543 g/mol.